The van der Waals surface area contributed by atoms with E-state index in [4.69, 9.17) is 0 Å². The first-order chi connectivity index (χ1) is 7.00. The molecule has 78 valence electrons. The van der Waals surface area contributed by atoms with Gasteiger partial charge in [-0.1, -0.05) is 0 Å². The third-order valence-electron chi connectivity index (χ3n) is 2.13. The highest BCUT2D eigenvalue weighted by atomic mass is 127. The van der Waals surface area contributed by atoms with Crippen molar-refractivity contribution in [2.75, 3.05) is 0 Å². The van der Waals surface area contributed by atoms with Gasteiger partial charge in [0, 0.05) is 11.8 Å². The van der Waals surface area contributed by atoms with Crippen LogP contribution in [0.1, 0.15) is 5.69 Å². The van der Waals surface area contributed by atoms with Crippen molar-refractivity contribution in [1.29, 1.82) is 0 Å². The minimum absolute atomic E-state index is 0.0913. The van der Waals surface area contributed by atoms with E-state index < -0.39 is 17.1 Å². The molecule has 0 aliphatic heterocycles. The lowest BCUT2D eigenvalue weighted by molar-refractivity contribution is 0.591. The number of nitrogens with one attached hydrogen (secondary N) is 1. The fourth-order valence-corrected chi connectivity index (χ4v) is 1.84. The highest BCUT2D eigenvalue weighted by Gasteiger charge is 2.12. The summed E-state index contributed by atoms with van der Waals surface area (Å²) in [6.45, 7) is 1.69. The van der Waals surface area contributed by atoms with Crippen LogP contribution in [0.3, 0.4) is 0 Å². The lowest BCUT2D eigenvalue weighted by Gasteiger charge is -2.03. The molecule has 0 unspecified atom stereocenters. The molecular formula is C10H6F2INO. The summed E-state index contributed by atoms with van der Waals surface area (Å²) >= 11 is 1.84. The molecule has 2 aromatic rings. The number of aryl methyl sites for hydroxylation is 1. The Bertz CT molecular complexity index is 606. The average molecular weight is 321 g/mol. The summed E-state index contributed by atoms with van der Waals surface area (Å²) in [6, 6.07) is 1.83. The number of fused-ring (bicyclic) bond motifs is 1. The van der Waals surface area contributed by atoms with Gasteiger partial charge in [-0.15, -0.1) is 0 Å². The number of halogens is 3. The highest BCUT2D eigenvalue weighted by molar-refractivity contribution is 14.1. The SMILES string of the molecule is Cc1[nH]c2cc(F)cc(F)c2c(=O)c1I. The number of pyridine rings is 1. The molecule has 15 heavy (non-hydrogen) atoms. The monoisotopic (exact) mass is 321 g/mol. The summed E-state index contributed by atoms with van der Waals surface area (Å²) in [6.07, 6.45) is 0. The molecule has 0 bridgehead atoms. The van der Waals surface area contributed by atoms with Gasteiger partial charge in [0.05, 0.1) is 14.5 Å². The maximum Gasteiger partial charge on any atom is 0.205 e. The molecule has 1 N–H and O–H groups in total. The van der Waals surface area contributed by atoms with Crippen LogP contribution in [-0.4, -0.2) is 4.98 Å². The van der Waals surface area contributed by atoms with Crippen molar-refractivity contribution < 1.29 is 8.78 Å². The van der Waals surface area contributed by atoms with Crippen molar-refractivity contribution in [3.8, 4) is 0 Å². The third kappa shape index (κ3) is 1.64. The zero-order chi connectivity index (χ0) is 11.2. The molecule has 0 saturated heterocycles. The van der Waals surface area contributed by atoms with Gasteiger partial charge in [-0.2, -0.15) is 0 Å². The number of H-pyrrole nitrogens is 1. The predicted octanol–water partition coefficient (Wildman–Crippen LogP) is 2.72. The maximum atomic E-state index is 13.4. The minimum atomic E-state index is -0.829. The second kappa shape index (κ2) is 3.55. The molecule has 2 nitrogen and oxygen atoms in total. The van der Waals surface area contributed by atoms with Gasteiger partial charge in [0.15, 0.2) is 0 Å². The number of benzene rings is 1. The van der Waals surface area contributed by atoms with E-state index in [1.807, 2.05) is 22.6 Å². The predicted molar refractivity (Wildman–Crippen MR) is 61.9 cm³/mol. The van der Waals surface area contributed by atoms with E-state index in [1.54, 1.807) is 6.92 Å². The summed E-state index contributed by atoms with van der Waals surface area (Å²) in [5, 5.41) is -0.0913. The fourth-order valence-electron chi connectivity index (χ4n) is 1.44. The van der Waals surface area contributed by atoms with Crippen molar-refractivity contribution in [3.05, 3.63) is 43.3 Å². The van der Waals surface area contributed by atoms with Crippen LogP contribution in [0.2, 0.25) is 0 Å². The fraction of sp³-hybridized carbons (Fsp3) is 0.100. The Hall–Kier alpha value is -0.980. The van der Waals surface area contributed by atoms with Crippen LogP contribution in [-0.2, 0) is 0 Å². The molecule has 0 amide bonds. The van der Waals surface area contributed by atoms with E-state index in [-0.39, 0.29) is 10.9 Å². The molecule has 0 atom stereocenters. The van der Waals surface area contributed by atoms with Gasteiger partial charge >= 0.3 is 0 Å². The molecular weight excluding hydrogens is 315 g/mol. The van der Waals surface area contributed by atoms with E-state index >= 15 is 0 Å². The zero-order valence-electron chi connectivity index (χ0n) is 7.70. The van der Waals surface area contributed by atoms with Crippen LogP contribution in [0.4, 0.5) is 8.78 Å². The number of hydrogen-bond donors (Lipinski definition) is 1. The van der Waals surface area contributed by atoms with Gasteiger partial charge in [0.2, 0.25) is 5.43 Å². The van der Waals surface area contributed by atoms with Gasteiger partial charge in [-0.25, -0.2) is 8.78 Å². The van der Waals surface area contributed by atoms with Crippen LogP contribution < -0.4 is 5.43 Å². The molecule has 1 heterocycles. The van der Waals surface area contributed by atoms with Crippen LogP contribution in [0.25, 0.3) is 10.9 Å². The lowest BCUT2D eigenvalue weighted by atomic mass is 10.2. The summed E-state index contributed by atoms with van der Waals surface area (Å²) in [4.78, 5) is 14.5. The minimum Gasteiger partial charge on any atom is -0.357 e. The smallest absolute Gasteiger partial charge is 0.205 e. The second-order valence-electron chi connectivity index (χ2n) is 3.20. The summed E-state index contributed by atoms with van der Waals surface area (Å²) in [5.41, 5.74) is 0.396. The number of aromatic nitrogens is 1. The third-order valence-corrected chi connectivity index (χ3v) is 3.43. The zero-order valence-corrected chi connectivity index (χ0v) is 9.85. The van der Waals surface area contributed by atoms with E-state index in [0.717, 1.165) is 6.07 Å². The first kappa shape index (κ1) is 10.5. The summed E-state index contributed by atoms with van der Waals surface area (Å²) in [7, 11) is 0. The Morgan fingerprint density at radius 2 is 2.00 bits per heavy atom. The van der Waals surface area contributed by atoms with Crippen molar-refractivity contribution in [2.45, 2.75) is 6.92 Å². The molecule has 0 aliphatic rings. The molecule has 0 aliphatic carbocycles. The Balaban J connectivity index is 3.06. The maximum absolute atomic E-state index is 13.4. The molecule has 0 radical (unpaired) electrons. The van der Waals surface area contributed by atoms with Crippen molar-refractivity contribution in [3.63, 3.8) is 0 Å². The molecule has 0 saturated carbocycles. The highest BCUT2D eigenvalue weighted by Crippen LogP contribution is 2.17. The van der Waals surface area contributed by atoms with Crippen LogP contribution >= 0.6 is 22.6 Å². The summed E-state index contributed by atoms with van der Waals surface area (Å²) in [5.74, 6) is -1.53. The molecule has 1 aromatic carbocycles. The van der Waals surface area contributed by atoms with Gasteiger partial charge in [-0.3, -0.25) is 4.79 Å². The standard InChI is InChI=1S/C10H6F2INO/c1-4-9(13)10(15)8-6(12)2-5(11)3-7(8)14-4/h2-3H,1H3,(H,14,15). The lowest BCUT2D eigenvalue weighted by Crippen LogP contribution is -2.11. The average Bonchev–Trinajstić information content (AvgIpc) is 2.13. The Kier molecular flexibility index (Phi) is 2.49. The van der Waals surface area contributed by atoms with Gasteiger partial charge in [-0.05, 0) is 35.6 Å². The quantitative estimate of drug-likeness (QED) is 0.744. The normalized spacial score (nSPS) is 10.9. The van der Waals surface area contributed by atoms with E-state index in [0.29, 0.717) is 15.3 Å². The Morgan fingerprint density at radius 1 is 1.33 bits per heavy atom. The van der Waals surface area contributed by atoms with Gasteiger partial charge < -0.3 is 4.98 Å². The van der Waals surface area contributed by atoms with Crippen LogP contribution in [0.15, 0.2) is 16.9 Å². The molecule has 0 spiro atoms. The molecule has 5 heteroatoms. The summed E-state index contributed by atoms with van der Waals surface area (Å²) < 4.78 is 26.7. The number of hydrogen-bond acceptors (Lipinski definition) is 1. The van der Waals surface area contributed by atoms with Crippen molar-refractivity contribution >= 4 is 33.5 Å². The van der Waals surface area contributed by atoms with E-state index in [2.05, 4.69) is 4.98 Å². The largest absolute Gasteiger partial charge is 0.357 e. The van der Waals surface area contributed by atoms with Crippen molar-refractivity contribution in [2.24, 2.45) is 0 Å². The van der Waals surface area contributed by atoms with E-state index in [1.165, 1.54) is 0 Å². The molecule has 0 fully saturated rings. The number of aromatic amines is 1. The van der Waals surface area contributed by atoms with E-state index in [9.17, 15) is 13.6 Å². The molecule has 1 aromatic heterocycles. The first-order valence-electron chi connectivity index (χ1n) is 4.18. The number of rotatable bonds is 0. The topological polar surface area (TPSA) is 32.9 Å². The van der Waals surface area contributed by atoms with Gasteiger partial charge in [0.25, 0.3) is 0 Å². The first-order valence-corrected chi connectivity index (χ1v) is 5.25. The van der Waals surface area contributed by atoms with Crippen LogP contribution in [0.5, 0.6) is 0 Å². The Labute approximate surface area is 97.5 Å². The Morgan fingerprint density at radius 3 is 2.67 bits per heavy atom. The van der Waals surface area contributed by atoms with Gasteiger partial charge in [0.1, 0.15) is 11.6 Å². The molecule has 2 rings (SSSR count). The second-order valence-corrected chi connectivity index (χ2v) is 4.28. The van der Waals surface area contributed by atoms with Crippen molar-refractivity contribution in [1.82, 2.24) is 4.98 Å². The van der Waals surface area contributed by atoms with Crippen LogP contribution in [0, 0.1) is 22.1 Å².